The zero-order valence-corrected chi connectivity index (χ0v) is 20.8. The molecule has 2 aromatic rings. The molecule has 0 radical (unpaired) electrons. The number of rotatable bonds is 8. The Hall–Kier alpha value is -2.66. The van der Waals surface area contributed by atoms with Crippen molar-refractivity contribution in [3.63, 3.8) is 0 Å². The number of hydrogen-bond donors (Lipinski definition) is 1. The Labute approximate surface area is 204 Å². The number of piperidine rings is 1. The molecule has 0 bridgehead atoms. The summed E-state index contributed by atoms with van der Waals surface area (Å²) in [7, 11) is 0. The van der Waals surface area contributed by atoms with Gasteiger partial charge in [-0.3, -0.25) is 14.5 Å². The zero-order chi connectivity index (χ0) is 23.9. The number of hydrogen-bond acceptors (Lipinski definition) is 3. The number of fused-ring (bicyclic) bond motifs is 1. The SMILES string of the molecule is CCCN(CC(=O)NC(C)c1ccc2c(c1)CCCC2)C1CCN(C(=O)c2ccccc2)CC1. The summed E-state index contributed by atoms with van der Waals surface area (Å²) < 4.78 is 0. The molecule has 2 aliphatic rings. The lowest BCUT2D eigenvalue weighted by atomic mass is 9.89. The first-order valence-corrected chi connectivity index (χ1v) is 13.0. The molecule has 1 aliphatic carbocycles. The van der Waals surface area contributed by atoms with Gasteiger partial charge in [0.2, 0.25) is 5.91 Å². The van der Waals surface area contributed by atoms with Crippen LogP contribution in [0, 0.1) is 0 Å². The minimum atomic E-state index is 0.00791. The van der Waals surface area contributed by atoms with Gasteiger partial charge in [-0.25, -0.2) is 0 Å². The topological polar surface area (TPSA) is 52.7 Å². The van der Waals surface area contributed by atoms with Gasteiger partial charge in [-0.2, -0.15) is 0 Å². The Balaban J connectivity index is 1.30. The highest BCUT2D eigenvalue weighted by Crippen LogP contribution is 2.25. The van der Waals surface area contributed by atoms with E-state index in [2.05, 4.69) is 42.3 Å². The Kier molecular flexibility index (Phi) is 8.39. The minimum Gasteiger partial charge on any atom is -0.348 e. The fraction of sp³-hybridized carbons (Fsp3) is 0.517. The summed E-state index contributed by atoms with van der Waals surface area (Å²) in [6, 6.07) is 16.6. The first-order valence-electron chi connectivity index (χ1n) is 13.0. The average Bonchev–Trinajstić information content (AvgIpc) is 2.88. The Bertz CT molecular complexity index is 967. The van der Waals surface area contributed by atoms with Crippen LogP contribution in [-0.2, 0) is 17.6 Å². The van der Waals surface area contributed by atoms with Gasteiger partial charge < -0.3 is 10.2 Å². The van der Waals surface area contributed by atoms with Crippen LogP contribution in [0.1, 0.15) is 79.0 Å². The van der Waals surface area contributed by atoms with Crippen LogP contribution in [0.25, 0.3) is 0 Å². The monoisotopic (exact) mass is 461 g/mol. The standard InChI is InChI=1S/C29H39N3O2/c1-3-17-32(27-15-18-31(19-16-27)29(34)24-10-5-4-6-11-24)21-28(33)30-22(2)25-14-13-23-9-7-8-12-26(23)20-25/h4-6,10-11,13-14,20,22,27H,3,7-9,12,15-19,21H2,1-2H3,(H,30,33). The van der Waals surface area contributed by atoms with Crippen molar-refractivity contribution < 1.29 is 9.59 Å². The van der Waals surface area contributed by atoms with Crippen LogP contribution in [0.2, 0.25) is 0 Å². The molecule has 0 saturated carbocycles. The molecule has 1 fully saturated rings. The maximum absolute atomic E-state index is 13.0. The van der Waals surface area contributed by atoms with Crippen LogP contribution >= 0.6 is 0 Å². The lowest BCUT2D eigenvalue weighted by Crippen LogP contribution is -2.49. The molecule has 5 nitrogen and oxygen atoms in total. The van der Waals surface area contributed by atoms with Gasteiger partial charge in [0.25, 0.3) is 5.91 Å². The molecule has 34 heavy (non-hydrogen) atoms. The molecule has 1 heterocycles. The third-order valence-electron chi connectivity index (χ3n) is 7.40. The van der Waals surface area contributed by atoms with Crippen molar-refractivity contribution in [2.45, 2.75) is 70.9 Å². The highest BCUT2D eigenvalue weighted by Gasteiger charge is 2.28. The molecule has 5 heteroatoms. The van der Waals surface area contributed by atoms with Crippen molar-refractivity contribution in [2.24, 2.45) is 0 Å². The molecular weight excluding hydrogens is 422 g/mol. The second-order valence-electron chi connectivity index (χ2n) is 9.88. The van der Waals surface area contributed by atoms with Gasteiger partial charge in [-0.15, -0.1) is 0 Å². The smallest absolute Gasteiger partial charge is 0.253 e. The van der Waals surface area contributed by atoms with Gasteiger partial charge in [-0.1, -0.05) is 43.3 Å². The van der Waals surface area contributed by atoms with E-state index in [0.29, 0.717) is 12.6 Å². The second kappa shape index (κ2) is 11.7. The van der Waals surface area contributed by atoms with Crippen LogP contribution in [0.4, 0.5) is 0 Å². The number of likely N-dealkylation sites (tertiary alicyclic amines) is 1. The molecular formula is C29H39N3O2. The number of carbonyl (C=O) groups is 2. The van der Waals surface area contributed by atoms with E-state index in [9.17, 15) is 9.59 Å². The van der Waals surface area contributed by atoms with E-state index in [4.69, 9.17) is 0 Å². The van der Waals surface area contributed by atoms with E-state index in [1.54, 1.807) is 0 Å². The predicted octanol–water partition coefficient (Wildman–Crippen LogP) is 4.76. The summed E-state index contributed by atoms with van der Waals surface area (Å²) in [5, 5.41) is 3.23. The summed E-state index contributed by atoms with van der Waals surface area (Å²) in [4.78, 5) is 30.0. The van der Waals surface area contributed by atoms with E-state index in [1.807, 2.05) is 35.2 Å². The highest BCUT2D eigenvalue weighted by atomic mass is 16.2. The molecule has 0 aromatic heterocycles. The largest absolute Gasteiger partial charge is 0.348 e. The van der Waals surface area contributed by atoms with E-state index in [1.165, 1.54) is 36.0 Å². The average molecular weight is 462 g/mol. The van der Waals surface area contributed by atoms with Crippen LogP contribution in [0.5, 0.6) is 0 Å². The van der Waals surface area contributed by atoms with Gasteiger partial charge in [-0.05, 0) is 87.2 Å². The van der Waals surface area contributed by atoms with E-state index in [-0.39, 0.29) is 17.9 Å². The fourth-order valence-electron chi connectivity index (χ4n) is 5.45. The normalized spacial score (nSPS) is 17.3. The molecule has 2 amide bonds. The summed E-state index contributed by atoms with van der Waals surface area (Å²) in [5.74, 6) is 0.194. The van der Waals surface area contributed by atoms with Crippen molar-refractivity contribution in [2.75, 3.05) is 26.2 Å². The first-order chi connectivity index (χ1) is 16.5. The fourth-order valence-corrected chi connectivity index (χ4v) is 5.45. The van der Waals surface area contributed by atoms with Crippen molar-refractivity contribution in [1.82, 2.24) is 15.1 Å². The van der Waals surface area contributed by atoms with Crippen molar-refractivity contribution in [3.8, 4) is 0 Å². The zero-order valence-electron chi connectivity index (χ0n) is 20.8. The van der Waals surface area contributed by atoms with Crippen LogP contribution in [-0.4, -0.2) is 53.8 Å². The Morgan fingerprint density at radius 2 is 1.74 bits per heavy atom. The predicted molar refractivity (Wildman–Crippen MR) is 137 cm³/mol. The van der Waals surface area contributed by atoms with Gasteiger partial charge in [0.1, 0.15) is 0 Å². The number of amides is 2. The van der Waals surface area contributed by atoms with Gasteiger partial charge in [0.05, 0.1) is 12.6 Å². The van der Waals surface area contributed by atoms with Crippen molar-refractivity contribution in [1.29, 1.82) is 0 Å². The van der Waals surface area contributed by atoms with Crippen LogP contribution < -0.4 is 5.32 Å². The molecule has 1 aliphatic heterocycles. The second-order valence-corrected chi connectivity index (χ2v) is 9.88. The van der Waals surface area contributed by atoms with E-state index in [0.717, 1.165) is 50.9 Å². The molecule has 182 valence electrons. The molecule has 1 saturated heterocycles. The van der Waals surface area contributed by atoms with E-state index < -0.39 is 0 Å². The summed E-state index contributed by atoms with van der Waals surface area (Å²) in [6.45, 7) is 7.05. The number of benzene rings is 2. The molecule has 1 atom stereocenters. The number of aryl methyl sites for hydroxylation is 2. The maximum Gasteiger partial charge on any atom is 0.253 e. The summed E-state index contributed by atoms with van der Waals surface area (Å²) >= 11 is 0. The highest BCUT2D eigenvalue weighted by molar-refractivity contribution is 5.94. The van der Waals surface area contributed by atoms with Crippen LogP contribution in [0.3, 0.4) is 0 Å². The summed E-state index contributed by atoms with van der Waals surface area (Å²) in [6.07, 6.45) is 7.71. The Morgan fingerprint density at radius 1 is 1.03 bits per heavy atom. The molecule has 1 unspecified atom stereocenters. The van der Waals surface area contributed by atoms with Gasteiger partial charge >= 0.3 is 0 Å². The molecule has 4 rings (SSSR count). The quantitative estimate of drug-likeness (QED) is 0.617. The maximum atomic E-state index is 13.0. The van der Waals surface area contributed by atoms with Crippen molar-refractivity contribution >= 4 is 11.8 Å². The lowest BCUT2D eigenvalue weighted by Gasteiger charge is -2.38. The lowest BCUT2D eigenvalue weighted by molar-refractivity contribution is -0.123. The third-order valence-corrected chi connectivity index (χ3v) is 7.40. The van der Waals surface area contributed by atoms with Crippen LogP contribution in [0.15, 0.2) is 48.5 Å². The number of carbonyl (C=O) groups excluding carboxylic acids is 2. The van der Waals surface area contributed by atoms with Gasteiger partial charge in [0, 0.05) is 24.7 Å². The molecule has 2 aromatic carbocycles. The third kappa shape index (κ3) is 6.06. The Morgan fingerprint density at radius 3 is 2.44 bits per heavy atom. The van der Waals surface area contributed by atoms with E-state index >= 15 is 0 Å². The minimum absolute atomic E-state index is 0.00791. The van der Waals surface area contributed by atoms with Crippen molar-refractivity contribution in [3.05, 3.63) is 70.8 Å². The number of nitrogens with one attached hydrogen (secondary N) is 1. The molecule has 0 spiro atoms. The number of nitrogens with zero attached hydrogens (tertiary/aromatic N) is 2. The molecule has 1 N–H and O–H groups in total. The van der Waals surface area contributed by atoms with Gasteiger partial charge in [0.15, 0.2) is 0 Å². The first kappa shape index (κ1) is 24.5. The summed E-state index contributed by atoms with van der Waals surface area (Å²) in [5.41, 5.74) is 4.87.